The van der Waals surface area contributed by atoms with Crippen LogP contribution in [0.25, 0.3) is 22.3 Å². The zero-order valence-corrected chi connectivity index (χ0v) is 20.3. The van der Waals surface area contributed by atoms with E-state index in [0.717, 1.165) is 6.07 Å². The number of amides is 1. The van der Waals surface area contributed by atoms with Crippen LogP contribution in [0, 0.1) is 5.82 Å². The second kappa shape index (κ2) is 10.3. The Morgan fingerprint density at radius 1 is 1.08 bits per heavy atom. The van der Waals surface area contributed by atoms with Crippen LogP contribution >= 0.6 is 0 Å². The van der Waals surface area contributed by atoms with E-state index in [9.17, 15) is 26.4 Å². The Bertz CT molecular complexity index is 1650. The molecule has 1 aromatic carbocycles. The molecule has 0 unspecified atom stereocenters. The van der Waals surface area contributed by atoms with Crippen molar-refractivity contribution < 1.29 is 35.9 Å². The van der Waals surface area contributed by atoms with Crippen LogP contribution < -0.4 is 10.1 Å². The molecule has 0 aliphatic carbocycles. The number of sulfone groups is 1. The van der Waals surface area contributed by atoms with E-state index in [1.54, 1.807) is 30.5 Å². The molecule has 4 heterocycles. The van der Waals surface area contributed by atoms with Gasteiger partial charge in [-0.15, -0.1) is 0 Å². The molecule has 9 nitrogen and oxygen atoms in total. The number of hydrogen-bond acceptors (Lipinski definition) is 8. The van der Waals surface area contributed by atoms with Crippen LogP contribution in [0.2, 0.25) is 0 Å². The van der Waals surface area contributed by atoms with Gasteiger partial charge >= 0.3 is 6.61 Å². The average Bonchev–Trinajstić information content (AvgIpc) is 3.05. The number of alkyl halides is 2. The van der Waals surface area contributed by atoms with Crippen LogP contribution in [-0.4, -0.2) is 48.2 Å². The second-order valence-corrected chi connectivity index (χ2v) is 10.4. The number of carbonyl (C=O) groups excluding carboxylic acids is 1. The molecule has 0 saturated heterocycles. The summed E-state index contributed by atoms with van der Waals surface area (Å²) in [7, 11) is -3.56. The summed E-state index contributed by atoms with van der Waals surface area (Å²) in [6, 6.07) is 11.6. The summed E-state index contributed by atoms with van der Waals surface area (Å²) >= 11 is 0. The highest BCUT2D eigenvalue weighted by molar-refractivity contribution is 7.91. The van der Waals surface area contributed by atoms with Crippen LogP contribution in [0.15, 0.2) is 59.6 Å². The van der Waals surface area contributed by atoms with Crippen molar-refractivity contribution in [3.63, 3.8) is 0 Å². The molecule has 0 fully saturated rings. The normalized spacial score (nSPS) is 14.6. The maximum absolute atomic E-state index is 13.7. The Kier molecular flexibility index (Phi) is 6.95. The van der Waals surface area contributed by atoms with Gasteiger partial charge in [0.25, 0.3) is 11.8 Å². The SMILES string of the molecule is O=C(NCc1cc2nc(-c3ccc(F)c(OC(F)F)n3)ccc2cn1)c1ccc2c(c1)S(=O)(=O)CCOC2. The molecule has 0 spiro atoms. The van der Waals surface area contributed by atoms with E-state index in [0.29, 0.717) is 22.2 Å². The summed E-state index contributed by atoms with van der Waals surface area (Å²) in [5.41, 5.74) is 2.02. The Hall–Kier alpha value is -4.10. The van der Waals surface area contributed by atoms with Gasteiger partial charge in [0.1, 0.15) is 0 Å². The molecule has 3 aromatic heterocycles. The number of nitrogens with zero attached hydrogens (tertiary/aromatic N) is 3. The maximum atomic E-state index is 13.7. The van der Waals surface area contributed by atoms with Crippen LogP contribution in [0.3, 0.4) is 0 Å². The van der Waals surface area contributed by atoms with Gasteiger partial charge in [0.2, 0.25) is 0 Å². The molecule has 38 heavy (non-hydrogen) atoms. The minimum atomic E-state index is -3.56. The third kappa shape index (κ3) is 5.43. The van der Waals surface area contributed by atoms with Gasteiger partial charge in [0.15, 0.2) is 15.7 Å². The molecule has 1 aliphatic rings. The third-order valence-corrected chi connectivity index (χ3v) is 7.51. The minimum absolute atomic E-state index is 0.0226. The Labute approximate surface area is 214 Å². The highest BCUT2D eigenvalue weighted by Gasteiger charge is 2.23. The maximum Gasteiger partial charge on any atom is 0.388 e. The summed E-state index contributed by atoms with van der Waals surface area (Å²) in [6.45, 7) is -2.97. The second-order valence-electron chi connectivity index (χ2n) is 8.30. The zero-order chi connectivity index (χ0) is 26.9. The molecule has 196 valence electrons. The number of rotatable bonds is 6. The van der Waals surface area contributed by atoms with E-state index >= 15 is 0 Å². The van der Waals surface area contributed by atoms with Crippen molar-refractivity contribution in [1.82, 2.24) is 20.3 Å². The standard InChI is InChI=1S/C25H19F3N4O5S/c26-18-4-6-20(32-24(18)37-25(27)28)19-5-3-15-11-29-17(10-21(15)31-19)12-30-23(33)14-1-2-16-13-36-7-8-38(34,35)22(16)9-14/h1-6,9-11,25H,7-8,12-13H2,(H,30,33). The van der Waals surface area contributed by atoms with Gasteiger partial charge in [-0.3, -0.25) is 9.78 Å². The first kappa shape index (κ1) is 25.5. The van der Waals surface area contributed by atoms with E-state index in [-0.39, 0.29) is 47.4 Å². The fraction of sp³-hybridized carbons (Fsp3) is 0.200. The molecular weight excluding hydrogens is 525 g/mol. The van der Waals surface area contributed by atoms with Gasteiger partial charge in [-0.05, 0) is 48.0 Å². The van der Waals surface area contributed by atoms with E-state index in [1.807, 2.05) is 0 Å². The first-order valence-electron chi connectivity index (χ1n) is 11.3. The largest absolute Gasteiger partial charge is 0.414 e. The van der Waals surface area contributed by atoms with Gasteiger partial charge < -0.3 is 14.8 Å². The smallest absolute Gasteiger partial charge is 0.388 e. The monoisotopic (exact) mass is 544 g/mol. The Morgan fingerprint density at radius 3 is 2.68 bits per heavy atom. The van der Waals surface area contributed by atoms with Crippen molar-refractivity contribution in [3.8, 4) is 17.3 Å². The van der Waals surface area contributed by atoms with Crippen LogP contribution in [0.5, 0.6) is 5.88 Å². The molecule has 1 aliphatic heterocycles. The number of aromatic nitrogens is 3. The predicted molar refractivity (Wildman–Crippen MR) is 129 cm³/mol. The summed E-state index contributed by atoms with van der Waals surface area (Å²) < 4.78 is 73.2. The average molecular weight is 545 g/mol. The molecular formula is C25H19F3N4O5S. The number of carbonyl (C=O) groups is 1. The van der Waals surface area contributed by atoms with Crippen molar-refractivity contribution >= 4 is 26.6 Å². The minimum Gasteiger partial charge on any atom is -0.414 e. The van der Waals surface area contributed by atoms with E-state index in [4.69, 9.17) is 4.74 Å². The lowest BCUT2D eigenvalue weighted by atomic mass is 10.1. The van der Waals surface area contributed by atoms with Crippen LogP contribution in [-0.2, 0) is 27.7 Å². The number of benzene rings is 1. The van der Waals surface area contributed by atoms with Crippen molar-refractivity contribution in [3.05, 3.63) is 77.4 Å². The Morgan fingerprint density at radius 2 is 1.87 bits per heavy atom. The number of pyridine rings is 3. The molecule has 4 aromatic rings. The lowest BCUT2D eigenvalue weighted by Gasteiger charge is -2.10. The molecule has 5 rings (SSSR count). The van der Waals surface area contributed by atoms with Crippen LogP contribution in [0.4, 0.5) is 13.2 Å². The number of ether oxygens (including phenoxy) is 2. The number of fused-ring (bicyclic) bond motifs is 2. The van der Waals surface area contributed by atoms with Gasteiger partial charge in [0.05, 0.1) is 53.0 Å². The first-order valence-corrected chi connectivity index (χ1v) is 12.9. The summed E-state index contributed by atoms with van der Waals surface area (Å²) in [4.78, 5) is 25.4. The van der Waals surface area contributed by atoms with Crippen molar-refractivity contribution in [2.75, 3.05) is 12.4 Å². The lowest BCUT2D eigenvalue weighted by Crippen LogP contribution is -2.23. The van der Waals surface area contributed by atoms with E-state index in [1.165, 1.54) is 18.2 Å². The quantitative estimate of drug-likeness (QED) is 0.391. The summed E-state index contributed by atoms with van der Waals surface area (Å²) in [5, 5.41) is 3.37. The zero-order valence-electron chi connectivity index (χ0n) is 19.5. The molecule has 13 heteroatoms. The van der Waals surface area contributed by atoms with E-state index in [2.05, 4.69) is 25.0 Å². The molecule has 0 saturated carbocycles. The highest BCUT2D eigenvalue weighted by atomic mass is 32.2. The third-order valence-electron chi connectivity index (χ3n) is 5.76. The fourth-order valence-corrected chi connectivity index (χ4v) is 5.26. The van der Waals surface area contributed by atoms with Crippen molar-refractivity contribution in [2.24, 2.45) is 0 Å². The number of hydrogen-bond donors (Lipinski definition) is 1. The Balaban J connectivity index is 1.35. The summed E-state index contributed by atoms with van der Waals surface area (Å²) in [6.07, 6.45) is 1.55. The van der Waals surface area contributed by atoms with Crippen LogP contribution in [0.1, 0.15) is 21.6 Å². The lowest BCUT2D eigenvalue weighted by molar-refractivity contribution is -0.0552. The van der Waals surface area contributed by atoms with Gasteiger partial charge in [-0.25, -0.2) is 22.8 Å². The van der Waals surface area contributed by atoms with Crippen molar-refractivity contribution in [2.45, 2.75) is 24.7 Å². The number of halogens is 3. The fourth-order valence-electron chi connectivity index (χ4n) is 3.87. The van der Waals surface area contributed by atoms with E-state index < -0.39 is 34.1 Å². The summed E-state index contributed by atoms with van der Waals surface area (Å²) in [5.74, 6) is -2.51. The molecule has 0 radical (unpaired) electrons. The van der Waals surface area contributed by atoms with Gasteiger partial charge in [0, 0.05) is 17.1 Å². The van der Waals surface area contributed by atoms with Gasteiger partial charge in [-0.1, -0.05) is 6.07 Å². The molecule has 1 amide bonds. The highest BCUT2D eigenvalue weighted by Crippen LogP contribution is 2.25. The first-order chi connectivity index (χ1) is 18.2. The number of nitrogens with one attached hydrogen (secondary N) is 1. The molecule has 1 N–H and O–H groups in total. The predicted octanol–water partition coefficient (Wildman–Crippen LogP) is 3.67. The topological polar surface area (TPSA) is 120 Å². The molecule has 0 atom stereocenters. The van der Waals surface area contributed by atoms with Crippen molar-refractivity contribution in [1.29, 1.82) is 0 Å². The molecule has 0 bridgehead atoms. The van der Waals surface area contributed by atoms with Gasteiger partial charge in [-0.2, -0.15) is 8.78 Å².